The number of benzene rings is 1. The Balaban J connectivity index is 2.71. The first-order valence-electron chi connectivity index (χ1n) is 5.89. The van der Waals surface area contributed by atoms with E-state index >= 15 is 0 Å². The topological polar surface area (TPSA) is 25.8 Å². The van der Waals surface area contributed by atoms with E-state index in [1.54, 1.807) is 12.1 Å². The van der Waals surface area contributed by atoms with E-state index in [1.807, 2.05) is 20.8 Å². The molecule has 0 fully saturated rings. The summed E-state index contributed by atoms with van der Waals surface area (Å²) in [6, 6.07) is 4.70. The Morgan fingerprint density at radius 2 is 1.80 bits per heavy atom. The molecule has 0 saturated heterocycles. The van der Waals surface area contributed by atoms with Gasteiger partial charge in [0.2, 0.25) is 0 Å². The largest absolute Gasteiger partial charge is 0.231 e. The van der Waals surface area contributed by atoms with Crippen molar-refractivity contribution in [3.63, 3.8) is 0 Å². The number of hydrogen-bond acceptors (Lipinski definition) is 2. The summed E-state index contributed by atoms with van der Waals surface area (Å²) in [5, 5.41) is 0.279. The average molecular weight is 378 g/mol. The van der Waals surface area contributed by atoms with Gasteiger partial charge in [-0.15, -0.1) is 0 Å². The van der Waals surface area contributed by atoms with Gasteiger partial charge in [0, 0.05) is 5.41 Å². The summed E-state index contributed by atoms with van der Waals surface area (Å²) < 4.78 is 14.7. The number of aromatic nitrogens is 2. The first-order chi connectivity index (χ1) is 9.21. The van der Waals surface area contributed by atoms with Crippen molar-refractivity contribution in [2.24, 2.45) is 0 Å². The van der Waals surface area contributed by atoms with Crippen LogP contribution >= 0.6 is 39.1 Å². The third kappa shape index (κ3) is 2.97. The maximum absolute atomic E-state index is 14.1. The van der Waals surface area contributed by atoms with Crippen molar-refractivity contribution in [1.29, 1.82) is 0 Å². The summed E-state index contributed by atoms with van der Waals surface area (Å²) in [4.78, 5) is 8.56. The van der Waals surface area contributed by atoms with Crippen LogP contribution in [0.25, 0.3) is 11.4 Å². The molecule has 0 unspecified atom stereocenters. The van der Waals surface area contributed by atoms with Crippen molar-refractivity contribution in [3.05, 3.63) is 44.4 Å². The molecule has 1 aromatic carbocycles. The van der Waals surface area contributed by atoms with Crippen LogP contribution in [0.5, 0.6) is 0 Å². The Hall–Kier alpha value is -0.710. The van der Waals surface area contributed by atoms with Crippen LogP contribution in [0, 0.1) is 5.82 Å². The number of rotatable bonds is 1. The third-order valence-electron chi connectivity index (χ3n) is 2.71. The highest BCUT2D eigenvalue weighted by Crippen LogP contribution is 2.35. The minimum Gasteiger partial charge on any atom is -0.231 e. The van der Waals surface area contributed by atoms with Gasteiger partial charge in [0.15, 0.2) is 11.6 Å². The van der Waals surface area contributed by atoms with E-state index in [2.05, 4.69) is 25.9 Å². The standard InChI is InChI=1S/C14H12BrCl2FN2/c1-14(2,3)11-9(15)12(17)20-13(19-11)7-5-4-6-8(16)10(7)18/h4-6H,1-3H3. The van der Waals surface area contributed by atoms with Crippen LogP contribution in [0.4, 0.5) is 4.39 Å². The molecule has 0 amide bonds. The second-order valence-corrected chi connectivity index (χ2v) is 6.91. The number of hydrogen-bond donors (Lipinski definition) is 0. The van der Waals surface area contributed by atoms with Gasteiger partial charge >= 0.3 is 0 Å². The van der Waals surface area contributed by atoms with E-state index in [0.29, 0.717) is 10.2 Å². The summed E-state index contributed by atoms with van der Waals surface area (Å²) in [5.41, 5.74) is 0.694. The summed E-state index contributed by atoms with van der Waals surface area (Å²) in [5.74, 6) is -0.324. The zero-order valence-corrected chi connectivity index (χ0v) is 14.2. The molecule has 1 heterocycles. The molecule has 0 bridgehead atoms. The Labute approximate surface area is 135 Å². The highest BCUT2D eigenvalue weighted by Gasteiger charge is 2.24. The molecule has 0 saturated carbocycles. The first kappa shape index (κ1) is 15.7. The van der Waals surface area contributed by atoms with Crippen molar-refractivity contribution < 1.29 is 4.39 Å². The van der Waals surface area contributed by atoms with Gasteiger partial charge in [-0.1, -0.05) is 50.0 Å². The van der Waals surface area contributed by atoms with Gasteiger partial charge in [0.25, 0.3) is 0 Å². The summed E-state index contributed by atoms with van der Waals surface area (Å²) in [7, 11) is 0. The zero-order chi connectivity index (χ0) is 15.1. The second-order valence-electron chi connectivity index (χ2n) is 5.35. The van der Waals surface area contributed by atoms with Gasteiger partial charge in [-0.3, -0.25) is 0 Å². The zero-order valence-electron chi connectivity index (χ0n) is 11.1. The van der Waals surface area contributed by atoms with Gasteiger partial charge in [0.1, 0.15) is 5.15 Å². The molecule has 0 aliphatic rings. The Morgan fingerprint density at radius 3 is 2.40 bits per heavy atom. The van der Waals surface area contributed by atoms with E-state index < -0.39 is 5.82 Å². The van der Waals surface area contributed by atoms with Crippen LogP contribution in [-0.2, 0) is 5.41 Å². The predicted octanol–water partition coefficient (Wildman–Crippen LogP) is 5.65. The molecule has 2 aromatic rings. The minimum atomic E-state index is -0.549. The molecule has 0 spiro atoms. The van der Waals surface area contributed by atoms with Crippen molar-refractivity contribution in [2.45, 2.75) is 26.2 Å². The molecule has 0 aliphatic carbocycles. The van der Waals surface area contributed by atoms with Crippen LogP contribution in [0.1, 0.15) is 26.5 Å². The maximum Gasteiger partial charge on any atom is 0.164 e. The number of nitrogens with zero attached hydrogens (tertiary/aromatic N) is 2. The lowest BCUT2D eigenvalue weighted by molar-refractivity contribution is 0.563. The van der Waals surface area contributed by atoms with Gasteiger partial charge in [0.05, 0.1) is 20.8 Å². The predicted molar refractivity (Wildman–Crippen MR) is 83.8 cm³/mol. The van der Waals surface area contributed by atoms with Crippen LogP contribution in [-0.4, -0.2) is 9.97 Å². The van der Waals surface area contributed by atoms with Crippen molar-refractivity contribution in [3.8, 4) is 11.4 Å². The van der Waals surface area contributed by atoms with Gasteiger partial charge in [-0.25, -0.2) is 14.4 Å². The SMILES string of the molecule is CC(C)(C)c1nc(-c2cccc(Cl)c2F)nc(Cl)c1Br. The van der Waals surface area contributed by atoms with Gasteiger partial charge in [-0.2, -0.15) is 0 Å². The summed E-state index contributed by atoms with van der Waals surface area (Å²) >= 11 is 15.3. The molecule has 6 heteroatoms. The van der Waals surface area contributed by atoms with E-state index in [0.717, 1.165) is 0 Å². The normalized spacial score (nSPS) is 11.8. The monoisotopic (exact) mass is 376 g/mol. The van der Waals surface area contributed by atoms with E-state index in [4.69, 9.17) is 23.2 Å². The molecule has 0 atom stereocenters. The summed E-state index contributed by atoms with van der Waals surface area (Å²) in [6.45, 7) is 5.98. The first-order valence-corrected chi connectivity index (χ1v) is 7.44. The lowest BCUT2D eigenvalue weighted by atomic mass is 9.92. The van der Waals surface area contributed by atoms with E-state index in [1.165, 1.54) is 6.07 Å². The minimum absolute atomic E-state index is 0.0300. The fourth-order valence-electron chi connectivity index (χ4n) is 1.71. The second kappa shape index (κ2) is 5.58. The molecule has 0 radical (unpaired) electrons. The fraction of sp³-hybridized carbons (Fsp3) is 0.286. The molecular weight excluding hydrogens is 366 g/mol. The smallest absolute Gasteiger partial charge is 0.164 e. The average Bonchev–Trinajstić information content (AvgIpc) is 2.34. The van der Waals surface area contributed by atoms with E-state index in [9.17, 15) is 4.39 Å². The van der Waals surface area contributed by atoms with E-state index in [-0.39, 0.29) is 27.0 Å². The van der Waals surface area contributed by atoms with Crippen LogP contribution in [0.3, 0.4) is 0 Å². The molecule has 2 rings (SSSR count). The molecule has 0 aliphatic heterocycles. The van der Waals surface area contributed by atoms with Gasteiger partial charge < -0.3 is 0 Å². The molecule has 2 nitrogen and oxygen atoms in total. The lowest BCUT2D eigenvalue weighted by Gasteiger charge is -2.20. The highest BCUT2D eigenvalue weighted by atomic mass is 79.9. The Bertz CT molecular complexity index is 669. The van der Waals surface area contributed by atoms with Crippen molar-refractivity contribution in [2.75, 3.05) is 0 Å². The lowest BCUT2D eigenvalue weighted by Crippen LogP contribution is -2.16. The quantitative estimate of drug-likeness (QED) is 0.600. The maximum atomic E-state index is 14.1. The molecule has 106 valence electrons. The van der Waals surface area contributed by atoms with Crippen molar-refractivity contribution in [1.82, 2.24) is 9.97 Å². The molecule has 1 aromatic heterocycles. The van der Waals surface area contributed by atoms with Crippen LogP contribution < -0.4 is 0 Å². The van der Waals surface area contributed by atoms with Crippen molar-refractivity contribution >= 4 is 39.1 Å². The molecule has 0 N–H and O–H groups in total. The highest BCUT2D eigenvalue weighted by molar-refractivity contribution is 9.10. The fourth-order valence-corrected chi connectivity index (χ4v) is 2.83. The Kier molecular flexibility index (Phi) is 4.38. The van der Waals surface area contributed by atoms with Crippen LogP contribution in [0.2, 0.25) is 10.2 Å². The number of halogens is 4. The van der Waals surface area contributed by atoms with Gasteiger partial charge in [-0.05, 0) is 28.1 Å². The summed E-state index contributed by atoms with van der Waals surface area (Å²) in [6.07, 6.45) is 0. The molecule has 20 heavy (non-hydrogen) atoms. The Morgan fingerprint density at radius 1 is 1.15 bits per heavy atom. The van der Waals surface area contributed by atoms with Crippen LogP contribution in [0.15, 0.2) is 22.7 Å². The molecular formula is C14H12BrCl2FN2. The third-order valence-corrected chi connectivity index (χ3v) is 4.26.